The molecule has 0 saturated heterocycles. The van der Waals surface area contributed by atoms with E-state index in [-0.39, 0.29) is 11.1 Å². The Labute approximate surface area is 136 Å². The van der Waals surface area contributed by atoms with Crippen molar-refractivity contribution < 1.29 is 48.9 Å². The van der Waals surface area contributed by atoms with Crippen molar-refractivity contribution >= 4 is 23.9 Å². The second-order valence-electron chi connectivity index (χ2n) is 4.26. The van der Waals surface area contributed by atoms with E-state index in [1.807, 2.05) is 0 Å². The van der Waals surface area contributed by atoms with Gasteiger partial charge in [-0.2, -0.15) is 0 Å². The van der Waals surface area contributed by atoms with E-state index in [1.54, 1.807) is 0 Å². The molecule has 132 valence electrons. The van der Waals surface area contributed by atoms with Gasteiger partial charge in [0, 0.05) is 23.3 Å². The second-order valence-corrected chi connectivity index (χ2v) is 4.26. The zero-order chi connectivity index (χ0) is 18.7. The summed E-state index contributed by atoms with van der Waals surface area (Å²) in [5.74, 6) is -4.50. The Morgan fingerprint density at radius 2 is 1.42 bits per heavy atom. The highest BCUT2D eigenvalue weighted by Crippen LogP contribution is 2.00. The van der Waals surface area contributed by atoms with Crippen LogP contribution in [0.5, 0.6) is 0 Å². The Morgan fingerprint density at radius 3 is 1.83 bits per heavy atom. The summed E-state index contributed by atoms with van der Waals surface area (Å²) in [6, 6.07) is 0. The first-order valence-corrected chi connectivity index (χ1v) is 6.34. The Bertz CT molecular complexity index is 572. The quantitative estimate of drug-likeness (QED) is 0.364. The third-order valence-corrected chi connectivity index (χ3v) is 2.05. The lowest BCUT2D eigenvalue weighted by atomic mass is 10.2. The molecule has 10 heteroatoms. The summed E-state index contributed by atoms with van der Waals surface area (Å²) in [7, 11) is 0. The zero-order valence-electron chi connectivity index (χ0n) is 12.9. The summed E-state index contributed by atoms with van der Waals surface area (Å²) in [5.41, 5.74) is -0.132. The van der Waals surface area contributed by atoms with E-state index in [2.05, 4.69) is 26.1 Å². The first-order valence-electron chi connectivity index (χ1n) is 6.34. The molecule has 0 bridgehead atoms. The van der Waals surface area contributed by atoms with E-state index in [0.29, 0.717) is 12.2 Å². The third kappa shape index (κ3) is 9.12. The van der Waals surface area contributed by atoms with Gasteiger partial charge in [0.15, 0.2) is 0 Å². The highest BCUT2D eigenvalue weighted by atomic mass is 17.2. The third-order valence-electron chi connectivity index (χ3n) is 2.05. The van der Waals surface area contributed by atoms with E-state index < -0.39 is 36.6 Å². The van der Waals surface area contributed by atoms with Crippen LogP contribution < -0.4 is 0 Å². The van der Waals surface area contributed by atoms with E-state index in [4.69, 9.17) is 10.2 Å². The minimum absolute atomic E-state index is 0.00663. The number of rotatable bonds is 6. The van der Waals surface area contributed by atoms with Crippen molar-refractivity contribution in [3.63, 3.8) is 0 Å². The van der Waals surface area contributed by atoms with Gasteiger partial charge in [0.1, 0.15) is 0 Å². The van der Waals surface area contributed by atoms with Crippen LogP contribution in [0.15, 0.2) is 36.0 Å². The van der Waals surface area contributed by atoms with E-state index in [9.17, 15) is 19.2 Å². The molecule has 0 saturated carbocycles. The molecule has 1 atom stereocenters. The van der Waals surface area contributed by atoms with Crippen molar-refractivity contribution in [2.75, 3.05) is 6.61 Å². The summed E-state index contributed by atoms with van der Waals surface area (Å²) in [4.78, 5) is 60.8. The van der Waals surface area contributed by atoms with E-state index >= 15 is 0 Å². The van der Waals surface area contributed by atoms with Crippen LogP contribution in [0.25, 0.3) is 0 Å². The van der Waals surface area contributed by atoms with Gasteiger partial charge >= 0.3 is 23.9 Å². The largest absolute Gasteiger partial charge is 0.393 e. The molecule has 0 aromatic heterocycles. The molecule has 0 heterocycles. The highest BCUT2D eigenvalue weighted by Gasteiger charge is 2.13. The zero-order valence-corrected chi connectivity index (χ0v) is 12.9. The van der Waals surface area contributed by atoms with Crippen molar-refractivity contribution in [1.29, 1.82) is 0 Å². The number of hydrogen-bond acceptors (Lipinski definition) is 10. The van der Waals surface area contributed by atoms with Gasteiger partial charge in [-0.25, -0.2) is 38.7 Å². The van der Waals surface area contributed by atoms with Crippen molar-refractivity contribution in [2.24, 2.45) is 0 Å². The van der Waals surface area contributed by atoms with Crippen LogP contribution in [0.2, 0.25) is 0 Å². The molecule has 0 amide bonds. The maximum atomic E-state index is 11.3. The first kappa shape index (κ1) is 21.0. The van der Waals surface area contributed by atoms with Gasteiger partial charge in [-0.1, -0.05) is 6.58 Å². The average molecular weight is 344 g/mol. The normalized spacial score (nSPS) is 12.2. The monoisotopic (exact) mass is 344 g/mol. The summed E-state index contributed by atoms with van der Waals surface area (Å²) >= 11 is 0. The average Bonchev–Trinajstić information content (AvgIpc) is 2.54. The van der Waals surface area contributed by atoms with Gasteiger partial charge in [-0.05, 0) is 19.9 Å². The predicted molar refractivity (Wildman–Crippen MR) is 75.2 cm³/mol. The predicted octanol–water partition coefficient (Wildman–Crippen LogP) is -0.579. The van der Waals surface area contributed by atoms with Gasteiger partial charge in [-0.15, -0.1) is 0 Å². The van der Waals surface area contributed by atoms with Crippen molar-refractivity contribution in [3.8, 4) is 0 Å². The van der Waals surface area contributed by atoms with Crippen LogP contribution in [-0.2, 0) is 38.7 Å². The molecule has 0 spiro atoms. The molecule has 2 N–H and O–H groups in total. The van der Waals surface area contributed by atoms with Crippen molar-refractivity contribution in [3.05, 3.63) is 36.0 Å². The Hall–Kier alpha value is -2.98. The molecule has 0 rings (SSSR count). The molecular formula is C14H16O10. The Kier molecular flexibility index (Phi) is 9.37. The standard InChI is InChI=1S/C14H16O10/c1-8(2)13(19)23-21-11(17)4-5-12(18)22-24-14(20)9(3)6-10(16)7-15/h4-6,10,15-16H,1,7H2,2-3H3/b5-4-,9-6+. The fourth-order valence-corrected chi connectivity index (χ4v) is 0.896. The Balaban J connectivity index is 4.28. The summed E-state index contributed by atoms with van der Waals surface area (Å²) < 4.78 is 0. The van der Waals surface area contributed by atoms with Gasteiger partial charge in [-0.3, -0.25) is 0 Å². The molecule has 0 aliphatic rings. The summed E-state index contributed by atoms with van der Waals surface area (Å²) in [6.07, 6.45) is 0.815. The summed E-state index contributed by atoms with van der Waals surface area (Å²) in [5, 5.41) is 17.7. The maximum Gasteiger partial charge on any atom is 0.381 e. The van der Waals surface area contributed by atoms with Crippen LogP contribution in [0.4, 0.5) is 0 Å². The summed E-state index contributed by atoms with van der Waals surface area (Å²) in [6.45, 7) is 5.21. The molecular weight excluding hydrogens is 328 g/mol. The lowest BCUT2D eigenvalue weighted by Gasteiger charge is -2.03. The molecule has 1 unspecified atom stereocenters. The Morgan fingerprint density at radius 1 is 0.958 bits per heavy atom. The maximum absolute atomic E-state index is 11.3. The smallest absolute Gasteiger partial charge is 0.381 e. The number of hydrogen-bond donors (Lipinski definition) is 2. The highest BCUT2D eigenvalue weighted by molar-refractivity contribution is 5.93. The molecule has 0 radical (unpaired) electrons. The number of carbonyl (C=O) groups excluding carboxylic acids is 4. The van der Waals surface area contributed by atoms with Crippen molar-refractivity contribution in [1.82, 2.24) is 0 Å². The van der Waals surface area contributed by atoms with Crippen LogP contribution in [0.1, 0.15) is 13.8 Å². The topological polar surface area (TPSA) is 146 Å². The fourth-order valence-electron chi connectivity index (χ4n) is 0.896. The molecule has 0 aromatic carbocycles. The van der Waals surface area contributed by atoms with Gasteiger partial charge in [0.05, 0.1) is 12.7 Å². The van der Waals surface area contributed by atoms with Crippen LogP contribution in [0.3, 0.4) is 0 Å². The molecule has 10 nitrogen and oxygen atoms in total. The molecule has 24 heavy (non-hydrogen) atoms. The SMILES string of the molecule is C=C(C)C(=O)OOC(=O)/C=C\C(=O)OOC(=O)/C(C)=C/C(O)CO. The number of aliphatic hydroxyl groups excluding tert-OH is 2. The van der Waals surface area contributed by atoms with Crippen LogP contribution in [-0.4, -0.2) is 46.8 Å². The van der Waals surface area contributed by atoms with Gasteiger partial charge < -0.3 is 10.2 Å². The lowest BCUT2D eigenvalue weighted by Crippen LogP contribution is -2.15. The fraction of sp³-hybridized carbons (Fsp3) is 0.286. The minimum atomic E-state index is -1.27. The first-order chi connectivity index (χ1) is 11.2. The molecule has 0 aliphatic carbocycles. The second kappa shape index (κ2) is 10.7. The van der Waals surface area contributed by atoms with Gasteiger partial charge in [0.25, 0.3) is 0 Å². The van der Waals surface area contributed by atoms with Crippen LogP contribution in [0, 0.1) is 0 Å². The molecule has 0 fully saturated rings. The minimum Gasteiger partial charge on any atom is -0.393 e. The lowest BCUT2D eigenvalue weighted by molar-refractivity contribution is -0.252. The number of aliphatic hydroxyl groups is 2. The van der Waals surface area contributed by atoms with Crippen molar-refractivity contribution in [2.45, 2.75) is 20.0 Å². The molecule has 0 aromatic rings. The number of carbonyl (C=O) groups is 4. The van der Waals surface area contributed by atoms with Crippen LogP contribution >= 0.6 is 0 Å². The van der Waals surface area contributed by atoms with Gasteiger partial charge in [0.2, 0.25) is 0 Å². The van der Waals surface area contributed by atoms with E-state index in [0.717, 1.165) is 6.08 Å². The molecule has 0 aliphatic heterocycles. The van der Waals surface area contributed by atoms with E-state index in [1.165, 1.54) is 13.8 Å².